The number of thioether (sulfide) groups is 1. The fourth-order valence-electron chi connectivity index (χ4n) is 2.59. The highest BCUT2D eigenvalue weighted by Crippen LogP contribution is 2.40. The van der Waals surface area contributed by atoms with E-state index >= 15 is 0 Å². The van der Waals surface area contributed by atoms with Gasteiger partial charge in [-0.2, -0.15) is 0 Å². The molecule has 2 aromatic carbocycles. The van der Waals surface area contributed by atoms with E-state index in [2.05, 4.69) is 6.07 Å². The third kappa shape index (κ3) is 2.14. The standard InChI is InChI=1S/C15H14N2O2S/c1-20-12-6-7-14(15(10-12)17(18)19)16-9-8-11-4-2-3-5-13(11)16/h2-7,10H,8-9H2,1H3. The monoisotopic (exact) mass is 286 g/mol. The maximum atomic E-state index is 11.3. The largest absolute Gasteiger partial charge is 0.335 e. The zero-order chi connectivity index (χ0) is 14.1. The summed E-state index contributed by atoms with van der Waals surface area (Å²) in [6, 6.07) is 13.5. The Morgan fingerprint density at radius 3 is 2.75 bits per heavy atom. The van der Waals surface area contributed by atoms with Crippen LogP contribution in [0.1, 0.15) is 5.56 Å². The summed E-state index contributed by atoms with van der Waals surface area (Å²) in [7, 11) is 0. The summed E-state index contributed by atoms with van der Waals surface area (Å²) in [6.45, 7) is 0.790. The molecule has 0 aromatic heterocycles. The third-order valence-corrected chi connectivity index (χ3v) is 4.28. The first-order valence-electron chi connectivity index (χ1n) is 6.38. The Morgan fingerprint density at radius 1 is 1.20 bits per heavy atom. The molecule has 0 bridgehead atoms. The van der Waals surface area contributed by atoms with Gasteiger partial charge >= 0.3 is 0 Å². The predicted octanol–water partition coefficient (Wildman–Crippen LogP) is 4.01. The van der Waals surface area contributed by atoms with Gasteiger partial charge in [-0.25, -0.2) is 0 Å². The number of hydrogen-bond acceptors (Lipinski definition) is 4. The van der Waals surface area contributed by atoms with Crippen LogP contribution in [0.5, 0.6) is 0 Å². The Bertz CT molecular complexity index is 673. The molecule has 5 heteroatoms. The second-order valence-corrected chi connectivity index (χ2v) is 5.52. The fraction of sp³-hybridized carbons (Fsp3) is 0.200. The molecule has 1 aliphatic heterocycles. The maximum Gasteiger partial charge on any atom is 0.293 e. The lowest BCUT2D eigenvalue weighted by atomic mass is 10.2. The van der Waals surface area contributed by atoms with Gasteiger partial charge in [0.15, 0.2) is 0 Å². The van der Waals surface area contributed by atoms with E-state index in [1.54, 1.807) is 6.07 Å². The lowest BCUT2D eigenvalue weighted by molar-refractivity contribution is -0.384. The van der Waals surface area contributed by atoms with Crippen molar-refractivity contribution in [3.05, 3.63) is 58.1 Å². The van der Waals surface area contributed by atoms with E-state index in [4.69, 9.17) is 0 Å². The normalized spacial score (nSPS) is 13.3. The van der Waals surface area contributed by atoms with Crippen molar-refractivity contribution in [3.63, 3.8) is 0 Å². The molecule has 1 heterocycles. The molecule has 0 saturated carbocycles. The van der Waals surface area contributed by atoms with Gasteiger partial charge in [-0.15, -0.1) is 11.8 Å². The smallest absolute Gasteiger partial charge is 0.293 e. The summed E-state index contributed by atoms with van der Waals surface area (Å²) in [6.07, 6.45) is 2.85. The first-order valence-corrected chi connectivity index (χ1v) is 7.61. The van der Waals surface area contributed by atoms with Crippen LogP contribution in [0, 0.1) is 10.1 Å². The van der Waals surface area contributed by atoms with Gasteiger partial charge in [0, 0.05) is 23.2 Å². The number of fused-ring (bicyclic) bond motifs is 1. The number of hydrogen-bond donors (Lipinski definition) is 0. The number of rotatable bonds is 3. The Kier molecular flexibility index (Phi) is 3.36. The van der Waals surface area contributed by atoms with Crippen molar-refractivity contribution in [2.75, 3.05) is 17.7 Å². The Balaban J connectivity index is 2.09. The summed E-state index contributed by atoms with van der Waals surface area (Å²) in [5, 5.41) is 11.3. The molecule has 0 N–H and O–H groups in total. The van der Waals surface area contributed by atoms with Crippen LogP contribution in [0.25, 0.3) is 0 Å². The van der Waals surface area contributed by atoms with Crippen LogP contribution in [-0.4, -0.2) is 17.7 Å². The molecule has 1 aliphatic rings. The number of nitro groups is 1. The topological polar surface area (TPSA) is 46.4 Å². The Labute approximate surface area is 121 Å². The van der Waals surface area contributed by atoms with E-state index in [1.165, 1.54) is 17.3 Å². The first-order chi connectivity index (χ1) is 9.70. The lowest BCUT2D eigenvalue weighted by Gasteiger charge is -2.19. The zero-order valence-electron chi connectivity index (χ0n) is 11.1. The van der Waals surface area contributed by atoms with Gasteiger partial charge in [0.05, 0.1) is 4.92 Å². The molecule has 0 amide bonds. The predicted molar refractivity (Wildman–Crippen MR) is 82.0 cm³/mol. The fourth-order valence-corrected chi connectivity index (χ4v) is 3.03. The molecule has 0 spiro atoms. The molecule has 0 atom stereocenters. The van der Waals surface area contributed by atoms with Gasteiger partial charge in [0.1, 0.15) is 5.69 Å². The van der Waals surface area contributed by atoms with E-state index in [-0.39, 0.29) is 10.6 Å². The van der Waals surface area contributed by atoms with Gasteiger partial charge in [-0.1, -0.05) is 18.2 Å². The lowest BCUT2D eigenvalue weighted by Crippen LogP contribution is -2.14. The van der Waals surface area contributed by atoms with E-state index < -0.39 is 0 Å². The maximum absolute atomic E-state index is 11.3. The summed E-state index contributed by atoms with van der Waals surface area (Å²) in [4.78, 5) is 14.0. The van der Waals surface area contributed by atoms with Crippen molar-refractivity contribution in [1.29, 1.82) is 0 Å². The van der Waals surface area contributed by atoms with Crippen molar-refractivity contribution >= 4 is 28.8 Å². The van der Waals surface area contributed by atoms with Gasteiger partial charge < -0.3 is 4.90 Å². The minimum absolute atomic E-state index is 0.175. The Morgan fingerprint density at radius 2 is 2.00 bits per heavy atom. The van der Waals surface area contributed by atoms with Crippen LogP contribution in [0.3, 0.4) is 0 Å². The highest BCUT2D eigenvalue weighted by Gasteiger charge is 2.26. The van der Waals surface area contributed by atoms with Crippen LogP contribution in [-0.2, 0) is 6.42 Å². The quantitative estimate of drug-likeness (QED) is 0.486. The van der Waals surface area contributed by atoms with E-state index in [9.17, 15) is 10.1 Å². The first kappa shape index (κ1) is 13.0. The number of nitrogens with zero attached hydrogens (tertiary/aromatic N) is 2. The molecule has 102 valence electrons. The minimum Gasteiger partial charge on any atom is -0.335 e. The molecular formula is C15H14N2O2S. The highest BCUT2D eigenvalue weighted by atomic mass is 32.2. The summed E-state index contributed by atoms with van der Waals surface area (Å²) >= 11 is 1.51. The van der Waals surface area contributed by atoms with Crippen molar-refractivity contribution < 1.29 is 4.92 Å². The molecule has 0 radical (unpaired) electrons. The van der Waals surface area contributed by atoms with Gasteiger partial charge in [-0.3, -0.25) is 10.1 Å². The van der Waals surface area contributed by atoms with Gasteiger partial charge in [0.25, 0.3) is 5.69 Å². The van der Waals surface area contributed by atoms with Gasteiger partial charge in [0.2, 0.25) is 0 Å². The zero-order valence-corrected chi connectivity index (χ0v) is 11.9. The second-order valence-electron chi connectivity index (χ2n) is 4.64. The van der Waals surface area contributed by atoms with Crippen LogP contribution >= 0.6 is 11.8 Å². The SMILES string of the molecule is CSc1ccc(N2CCc3ccccc32)c([N+](=O)[O-])c1. The van der Waals surface area contributed by atoms with Gasteiger partial charge in [-0.05, 0) is 36.4 Å². The van der Waals surface area contributed by atoms with Crippen LogP contribution in [0.2, 0.25) is 0 Å². The van der Waals surface area contributed by atoms with E-state index in [0.717, 1.165) is 23.5 Å². The molecule has 3 rings (SSSR count). The van der Waals surface area contributed by atoms with Crippen LogP contribution in [0.4, 0.5) is 17.1 Å². The average Bonchev–Trinajstić information content (AvgIpc) is 2.90. The number of nitro benzene ring substituents is 1. The highest BCUT2D eigenvalue weighted by molar-refractivity contribution is 7.98. The summed E-state index contributed by atoms with van der Waals surface area (Å²) in [5.74, 6) is 0. The number of anilines is 2. The number of benzene rings is 2. The molecular weight excluding hydrogens is 272 g/mol. The molecule has 0 saturated heterocycles. The van der Waals surface area contributed by atoms with E-state index in [1.807, 2.05) is 41.5 Å². The number of para-hydroxylation sites is 1. The molecule has 0 aliphatic carbocycles. The minimum atomic E-state index is -0.296. The molecule has 0 fully saturated rings. The summed E-state index contributed by atoms with van der Waals surface area (Å²) < 4.78 is 0. The van der Waals surface area contributed by atoms with Crippen LogP contribution in [0.15, 0.2) is 47.4 Å². The average molecular weight is 286 g/mol. The van der Waals surface area contributed by atoms with Crippen molar-refractivity contribution in [2.24, 2.45) is 0 Å². The Hall–Kier alpha value is -2.01. The molecule has 4 nitrogen and oxygen atoms in total. The van der Waals surface area contributed by atoms with Crippen molar-refractivity contribution in [2.45, 2.75) is 11.3 Å². The summed E-state index contributed by atoms with van der Waals surface area (Å²) in [5.41, 5.74) is 3.18. The molecule has 2 aromatic rings. The molecule has 0 unspecified atom stereocenters. The molecule has 20 heavy (non-hydrogen) atoms. The van der Waals surface area contributed by atoms with Crippen molar-refractivity contribution in [3.8, 4) is 0 Å². The van der Waals surface area contributed by atoms with Crippen LogP contribution < -0.4 is 4.90 Å². The van der Waals surface area contributed by atoms with Crippen molar-refractivity contribution in [1.82, 2.24) is 0 Å². The van der Waals surface area contributed by atoms with E-state index in [0.29, 0.717) is 5.69 Å². The second kappa shape index (κ2) is 5.17. The third-order valence-electron chi connectivity index (χ3n) is 3.56.